The average Bonchev–Trinajstić information content (AvgIpc) is 3.49. The van der Waals surface area contributed by atoms with Gasteiger partial charge in [-0.15, -0.1) is 0 Å². The number of likely N-dealkylation sites (tertiary alicyclic amines) is 1. The number of ether oxygens (including phenoxy) is 1. The van der Waals surface area contributed by atoms with Gasteiger partial charge in [-0.2, -0.15) is 0 Å². The van der Waals surface area contributed by atoms with Crippen molar-refractivity contribution in [2.45, 2.75) is 39.2 Å². The molecule has 4 rings (SSSR count). The Labute approximate surface area is 212 Å². The molecule has 0 aliphatic carbocycles. The van der Waals surface area contributed by atoms with Crippen molar-refractivity contribution >= 4 is 39.4 Å². The number of rotatable bonds is 8. The molecule has 2 amide bonds. The van der Waals surface area contributed by atoms with E-state index in [2.05, 4.69) is 36.5 Å². The fourth-order valence-corrected chi connectivity index (χ4v) is 4.34. The highest BCUT2D eigenvalue weighted by Crippen LogP contribution is 2.30. The SMILES string of the molecule is CCCc1oc(-c2ccccc2Br)nc1C(=O)Nc1ccc(N[C@H]2CCN(C(=O)OCC)C2)nc1. The van der Waals surface area contributed by atoms with Gasteiger partial charge in [0.25, 0.3) is 5.91 Å². The van der Waals surface area contributed by atoms with Crippen molar-refractivity contribution in [1.82, 2.24) is 14.9 Å². The van der Waals surface area contributed by atoms with E-state index in [0.717, 1.165) is 22.9 Å². The molecule has 2 N–H and O–H groups in total. The Kier molecular flexibility index (Phi) is 8.02. The van der Waals surface area contributed by atoms with Gasteiger partial charge in [-0.3, -0.25) is 4.79 Å². The zero-order valence-electron chi connectivity index (χ0n) is 19.7. The number of pyridine rings is 1. The summed E-state index contributed by atoms with van der Waals surface area (Å²) in [5.41, 5.74) is 1.60. The van der Waals surface area contributed by atoms with Gasteiger partial charge in [0, 0.05) is 30.0 Å². The Bertz CT molecular complexity index is 1180. The molecule has 1 aliphatic heterocycles. The molecular formula is C25H28BrN5O4. The quantitative estimate of drug-likeness (QED) is 0.395. The molecule has 3 heterocycles. The standard InChI is InChI=1S/C25H28BrN5O4/c1-3-7-20-22(30-24(35-20)18-8-5-6-9-19(18)26)23(32)29-16-10-11-21(27-14-16)28-17-12-13-31(15-17)25(33)34-4-2/h5-6,8-11,14,17H,3-4,7,12-13,15H2,1-2H3,(H,27,28)(H,29,32)/t17-/m0/s1. The molecule has 0 spiro atoms. The number of aryl methyl sites for hydroxylation is 1. The van der Waals surface area contributed by atoms with E-state index in [1.807, 2.05) is 31.2 Å². The first-order valence-corrected chi connectivity index (χ1v) is 12.5. The fraction of sp³-hybridized carbons (Fsp3) is 0.360. The minimum absolute atomic E-state index is 0.0924. The Balaban J connectivity index is 1.40. The van der Waals surface area contributed by atoms with Gasteiger partial charge in [-0.05, 0) is 60.0 Å². The van der Waals surface area contributed by atoms with Crippen LogP contribution in [0.1, 0.15) is 42.9 Å². The number of carbonyl (C=O) groups is 2. The number of aromatic nitrogens is 2. The summed E-state index contributed by atoms with van der Waals surface area (Å²) in [6.45, 7) is 5.38. The second-order valence-electron chi connectivity index (χ2n) is 8.18. The predicted molar refractivity (Wildman–Crippen MR) is 136 cm³/mol. The average molecular weight is 542 g/mol. The van der Waals surface area contributed by atoms with Gasteiger partial charge in [0.1, 0.15) is 11.6 Å². The van der Waals surface area contributed by atoms with Crippen LogP contribution in [-0.2, 0) is 11.2 Å². The van der Waals surface area contributed by atoms with Crippen molar-refractivity contribution in [3.63, 3.8) is 0 Å². The summed E-state index contributed by atoms with van der Waals surface area (Å²) >= 11 is 3.51. The lowest BCUT2D eigenvalue weighted by molar-refractivity contribution is 0.102. The molecular weight excluding hydrogens is 514 g/mol. The lowest BCUT2D eigenvalue weighted by atomic mass is 10.2. The molecule has 2 aromatic heterocycles. The van der Waals surface area contributed by atoms with Crippen LogP contribution >= 0.6 is 15.9 Å². The van der Waals surface area contributed by atoms with Gasteiger partial charge in [-0.1, -0.05) is 19.1 Å². The summed E-state index contributed by atoms with van der Waals surface area (Å²) < 4.78 is 11.9. The summed E-state index contributed by atoms with van der Waals surface area (Å²) in [5.74, 6) is 1.27. The van der Waals surface area contributed by atoms with E-state index in [1.165, 1.54) is 0 Å². The minimum atomic E-state index is -0.348. The second kappa shape index (κ2) is 11.4. The molecule has 3 aromatic rings. The number of nitrogens with zero attached hydrogens (tertiary/aromatic N) is 3. The molecule has 0 saturated carbocycles. The number of amides is 2. The van der Waals surface area contributed by atoms with Crippen LogP contribution in [0.3, 0.4) is 0 Å². The third-order valence-electron chi connectivity index (χ3n) is 5.58. The number of benzene rings is 1. The summed E-state index contributed by atoms with van der Waals surface area (Å²) in [5, 5.41) is 6.19. The molecule has 1 atom stereocenters. The predicted octanol–water partition coefficient (Wildman–Crippen LogP) is 5.35. The zero-order chi connectivity index (χ0) is 24.8. The smallest absolute Gasteiger partial charge is 0.409 e. The number of hydrogen-bond acceptors (Lipinski definition) is 7. The Morgan fingerprint density at radius 3 is 2.77 bits per heavy atom. The molecule has 1 aromatic carbocycles. The molecule has 0 bridgehead atoms. The van der Waals surface area contributed by atoms with E-state index in [4.69, 9.17) is 9.15 Å². The molecule has 10 heteroatoms. The number of halogens is 1. The van der Waals surface area contributed by atoms with Crippen molar-refractivity contribution in [1.29, 1.82) is 0 Å². The van der Waals surface area contributed by atoms with Crippen molar-refractivity contribution in [2.75, 3.05) is 30.3 Å². The minimum Gasteiger partial charge on any atom is -0.450 e. The van der Waals surface area contributed by atoms with Crippen LogP contribution in [0.5, 0.6) is 0 Å². The largest absolute Gasteiger partial charge is 0.450 e. The van der Waals surface area contributed by atoms with Crippen LogP contribution < -0.4 is 10.6 Å². The van der Waals surface area contributed by atoms with Gasteiger partial charge in [0.15, 0.2) is 5.69 Å². The van der Waals surface area contributed by atoms with Crippen LogP contribution in [0.4, 0.5) is 16.3 Å². The molecule has 184 valence electrons. The lowest BCUT2D eigenvalue weighted by Crippen LogP contribution is -2.32. The van der Waals surface area contributed by atoms with Crippen LogP contribution in [0, 0.1) is 0 Å². The molecule has 0 radical (unpaired) electrons. The van der Waals surface area contributed by atoms with E-state index >= 15 is 0 Å². The molecule has 0 unspecified atom stereocenters. The fourth-order valence-electron chi connectivity index (χ4n) is 3.89. The lowest BCUT2D eigenvalue weighted by Gasteiger charge is -2.16. The summed E-state index contributed by atoms with van der Waals surface area (Å²) in [6, 6.07) is 11.3. The highest BCUT2D eigenvalue weighted by molar-refractivity contribution is 9.10. The van der Waals surface area contributed by atoms with Crippen molar-refractivity contribution in [3.05, 3.63) is 58.5 Å². The van der Waals surface area contributed by atoms with Crippen LogP contribution in [0.25, 0.3) is 11.5 Å². The van der Waals surface area contributed by atoms with Crippen molar-refractivity contribution in [3.8, 4) is 11.5 Å². The van der Waals surface area contributed by atoms with Gasteiger partial charge in [0.2, 0.25) is 5.89 Å². The molecule has 1 saturated heterocycles. The van der Waals surface area contributed by atoms with Crippen molar-refractivity contribution < 1.29 is 18.7 Å². The normalized spacial score (nSPS) is 15.2. The third-order valence-corrected chi connectivity index (χ3v) is 6.27. The van der Waals surface area contributed by atoms with E-state index in [0.29, 0.717) is 49.3 Å². The first-order chi connectivity index (χ1) is 17.0. The monoisotopic (exact) mass is 541 g/mol. The van der Waals surface area contributed by atoms with Crippen LogP contribution in [0.15, 0.2) is 51.5 Å². The summed E-state index contributed by atoms with van der Waals surface area (Å²) in [4.78, 5) is 35.5. The molecule has 35 heavy (non-hydrogen) atoms. The van der Waals surface area contributed by atoms with E-state index in [1.54, 1.807) is 30.2 Å². The van der Waals surface area contributed by atoms with Crippen LogP contribution in [0.2, 0.25) is 0 Å². The molecule has 9 nitrogen and oxygen atoms in total. The Hall–Kier alpha value is -3.40. The van der Waals surface area contributed by atoms with E-state index < -0.39 is 0 Å². The summed E-state index contributed by atoms with van der Waals surface area (Å²) in [6.07, 6.45) is 3.53. The maximum atomic E-state index is 13.0. The maximum absolute atomic E-state index is 13.0. The number of anilines is 2. The Morgan fingerprint density at radius 2 is 2.06 bits per heavy atom. The van der Waals surface area contributed by atoms with Gasteiger partial charge in [-0.25, -0.2) is 14.8 Å². The topological polar surface area (TPSA) is 110 Å². The zero-order valence-corrected chi connectivity index (χ0v) is 21.3. The van der Waals surface area contributed by atoms with Gasteiger partial charge >= 0.3 is 6.09 Å². The number of oxazole rings is 1. The number of hydrogen-bond donors (Lipinski definition) is 2. The van der Waals surface area contributed by atoms with Crippen LogP contribution in [-0.4, -0.2) is 52.6 Å². The first-order valence-electron chi connectivity index (χ1n) is 11.7. The molecule has 1 aliphatic rings. The van der Waals surface area contributed by atoms with Gasteiger partial charge < -0.3 is 24.7 Å². The number of nitrogens with one attached hydrogen (secondary N) is 2. The summed E-state index contributed by atoms with van der Waals surface area (Å²) in [7, 11) is 0. The first kappa shape index (κ1) is 24.7. The highest BCUT2D eigenvalue weighted by atomic mass is 79.9. The molecule has 1 fully saturated rings. The second-order valence-corrected chi connectivity index (χ2v) is 9.04. The Morgan fingerprint density at radius 1 is 1.23 bits per heavy atom. The third kappa shape index (κ3) is 6.00. The van der Waals surface area contributed by atoms with Crippen molar-refractivity contribution in [2.24, 2.45) is 0 Å². The van der Waals surface area contributed by atoms with E-state index in [-0.39, 0.29) is 23.7 Å². The van der Waals surface area contributed by atoms with E-state index in [9.17, 15) is 9.59 Å². The highest BCUT2D eigenvalue weighted by Gasteiger charge is 2.27. The maximum Gasteiger partial charge on any atom is 0.409 e. The number of carbonyl (C=O) groups excluding carboxylic acids is 2. The van der Waals surface area contributed by atoms with Gasteiger partial charge in [0.05, 0.1) is 24.1 Å².